The number of nitrogens with one attached hydrogen (secondary N) is 2. The van der Waals surface area contributed by atoms with Gasteiger partial charge in [-0.2, -0.15) is 0 Å². The van der Waals surface area contributed by atoms with Crippen LogP contribution in [0.1, 0.15) is 25.3 Å². The molecule has 0 aromatic heterocycles. The molecule has 0 aliphatic carbocycles. The van der Waals surface area contributed by atoms with Crippen LogP contribution in [0.5, 0.6) is 5.75 Å². The molecule has 0 amide bonds. The topological polar surface area (TPSA) is 61.2 Å². The number of halogens is 5. The second-order valence-electron chi connectivity index (χ2n) is 9.47. The van der Waals surface area contributed by atoms with Crippen LogP contribution in [-0.4, -0.2) is 51.9 Å². The van der Waals surface area contributed by atoms with E-state index in [0.717, 1.165) is 59.6 Å². The molecule has 0 saturated carbocycles. The number of aliphatic imine (C=N–C) groups is 2. The van der Waals surface area contributed by atoms with Crippen molar-refractivity contribution < 1.29 is 24.2 Å². The minimum absolute atomic E-state index is 0.312. The van der Waals surface area contributed by atoms with E-state index in [1.165, 1.54) is 0 Å². The molecule has 2 aliphatic heterocycles. The Hall–Kier alpha value is -3.38. The summed E-state index contributed by atoms with van der Waals surface area (Å²) in [5.41, 5.74) is 5.30. The summed E-state index contributed by atoms with van der Waals surface area (Å²) in [4.78, 5) is 9.12. The molecule has 2 aliphatic rings. The minimum Gasteiger partial charge on any atom is -0.495 e. The number of hydrogen-bond acceptors (Lipinski definition) is 6. The Balaban J connectivity index is 1.45. The molecule has 39 heavy (non-hydrogen) atoms. The smallest absolute Gasteiger partial charge is 0.310 e. The van der Waals surface area contributed by atoms with E-state index < -0.39 is 15.1 Å². The van der Waals surface area contributed by atoms with Crippen LogP contribution in [0.3, 0.4) is 0 Å². The number of methoxy groups -OCH3 is 1. The van der Waals surface area contributed by atoms with Gasteiger partial charge in [0, 0.05) is 25.0 Å². The van der Waals surface area contributed by atoms with E-state index >= 15 is 0 Å². The molecular formula is C27H32F5N5OS. The van der Waals surface area contributed by atoms with E-state index in [4.69, 9.17) is 9.73 Å². The van der Waals surface area contributed by atoms with Crippen LogP contribution in [-0.2, 0) is 0 Å². The summed E-state index contributed by atoms with van der Waals surface area (Å²) in [5.74, 6) is 0.715. The molecule has 12 heteroatoms. The lowest BCUT2D eigenvalue weighted by Gasteiger charge is -2.40. The molecule has 212 valence electrons. The summed E-state index contributed by atoms with van der Waals surface area (Å²) in [6, 6.07) is 8.79. The third-order valence-corrected chi connectivity index (χ3v) is 7.40. The van der Waals surface area contributed by atoms with Crippen LogP contribution in [0.4, 0.5) is 30.8 Å². The third-order valence-electron chi connectivity index (χ3n) is 6.24. The first kappa shape index (κ1) is 28.6. The molecule has 2 heterocycles. The second-order valence-corrected chi connectivity index (χ2v) is 11.9. The molecule has 4 rings (SSSR count). The van der Waals surface area contributed by atoms with Gasteiger partial charge in [-0.15, -0.1) is 0 Å². The van der Waals surface area contributed by atoms with Crippen LogP contribution >= 0.6 is 10.2 Å². The van der Waals surface area contributed by atoms with E-state index in [9.17, 15) is 19.4 Å². The highest BCUT2D eigenvalue weighted by atomic mass is 32.5. The van der Waals surface area contributed by atoms with E-state index in [1.54, 1.807) is 13.4 Å². The van der Waals surface area contributed by atoms with Crippen LogP contribution in [0, 0.1) is 0 Å². The van der Waals surface area contributed by atoms with Gasteiger partial charge in [-0.25, -0.2) is 0 Å². The average Bonchev–Trinajstić information content (AvgIpc) is 3.10. The van der Waals surface area contributed by atoms with Gasteiger partial charge in [0.1, 0.15) is 10.6 Å². The zero-order chi connectivity index (χ0) is 28.2. The lowest BCUT2D eigenvalue weighted by Crippen LogP contribution is -2.22. The molecule has 0 radical (unpaired) electrons. The summed E-state index contributed by atoms with van der Waals surface area (Å²) < 4.78 is 70.2. The van der Waals surface area contributed by atoms with Crippen molar-refractivity contribution >= 4 is 39.7 Å². The lowest BCUT2D eigenvalue weighted by atomic mass is 10.0. The Kier molecular flexibility index (Phi) is 7.82. The van der Waals surface area contributed by atoms with Gasteiger partial charge in [0.2, 0.25) is 0 Å². The fourth-order valence-corrected chi connectivity index (χ4v) is 4.97. The quantitative estimate of drug-likeness (QED) is 0.257. The number of anilines is 2. The lowest BCUT2D eigenvalue weighted by molar-refractivity contribution is 0.364. The Morgan fingerprint density at radius 2 is 1.90 bits per heavy atom. The zero-order valence-electron chi connectivity index (χ0n) is 21.8. The largest absolute Gasteiger partial charge is 0.495 e. The van der Waals surface area contributed by atoms with E-state index in [-0.39, 0.29) is 0 Å². The molecular weight excluding hydrogens is 537 g/mol. The van der Waals surface area contributed by atoms with E-state index in [0.29, 0.717) is 49.7 Å². The molecule has 6 nitrogen and oxygen atoms in total. The van der Waals surface area contributed by atoms with Gasteiger partial charge in [-0.05, 0) is 85.5 Å². The summed E-state index contributed by atoms with van der Waals surface area (Å²) in [5, 5.41) is 6.30. The summed E-state index contributed by atoms with van der Waals surface area (Å²) in [6.07, 6.45) is 7.68. The third kappa shape index (κ3) is 7.82. The molecule has 1 saturated heterocycles. The van der Waals surface area contributed by atoms with Crippen molar-refractivity contribution in [2.24, 2.45) is 9.98 Å². The Morgan fingerprint density at radius 3 is 2.59 bits per heavy atom. The van der Waals surface area contributed by atoms with Crippen LogP contribution in [0.25, 0.3) is 6.08 Å². The molecule has 2 N–H and O–H groups in total. The van der Waals surface area contributed by atoms with Crippen molar-refractivity contribution in [2.45, 2.75) is 24.7 Å². The van der Waals surface area contributed by atoms with Gasteiger partial charge in [-0.3, -0.25) is 9.98 Å². The maximum atomic E-state index is 12.9. The zero-order valence-corrected chi connectivity index (χ0v) is 22.6. The van der Waals surface area contributed by atoms with Crippen LogP contribution in [0.15, 0.2) is 74.7 Å². The van der Waals surface area contributed by atoms with Gasteiger partial charge >= 0.3 is 10.2 Å². The Bertz CT molecular complexity index is 1320. The maximum absolute atomic E-state index is 12.9. The number of hydrogen-bond donors (Lipinski definition) is 2. The van der Waals surface area contributed by atoms with Gasteiger partial charge in [0.25, 0.3) is 0 Å². The fraction of sp³-hybridized carbons (Fsp3) is 0.333. The first-order valence-electron chi connectivity index (χ1n) is 12.5. The van der Waals surface area contributed by atoms with Gasteiger partial charge in [0.15, 0.2) is 0 Å². The number of ether oxygens (including phenoxy) is 1. The van der Waals surface area contributed by atoms with Gasteiger partial charge < -0.3 is 20.3 Å². The van der Waals surface area contributed by atoms with Crippen molar-refractivity contribution in [3.63, 3.8) is 0 Å². The number of benzene rings is 2. The number of nitrogens with zero attached hydrogens (tertiary/aromatic N) is 3. The van der Waals surface area contributed by atoms with Crippen molar-refractivity contribution in [3.05, 3.63) is 65.4 Å². The predicted octanol–water partition coefficient (Wildman–Crippen LogP) is 7.42. The van der Waals surface area contributed by atoms with Crippen molar-refractivity contribution in [2.75, 3.05) is 50.1 Å². The predicted molar refractivity (Wildman–Crippen MR) is 151 cm³/mol. The average molecular weight is 570 g/mol. The van der Waals surface area contributed by atoms with Crippen LogP contribution < -0.4 is 20.3 Å². The highest BCUT2D eigenvalue weighted by Gasteiger charge is 2.65. The second kappa shape index (κ2) is 10.6. The van der Waals surface area contributed by atoms with E-state index in [2.05, 4.69) is 21.7 Å². The summed E-state index contributed by atoms with van der Waals surface area (Å²) in [6.45, 7) is 4.85. The highest BCUT2D eigenvalue weighted by Crippen LogP contribution is 3.02. The van der Waals surface area contributed by atoms with Crippen molar-refractivity contribution in [3.8, 4) is 5.75 Å². The molecule has 0 unspecified atom stereocenters. The molecule has 2 aromatic rings. The van der Waals surface area contributed by atoms with Gasteiger partial charge in [-0.1, -0.05) is 25.5 Å². The maximum Gasteiger partial charge on any atom is 0.310 e. The first-order valence-corrected chi connectivity index (χ1v) is 14.4. The van der Waals surface area contributed by atoms with Crippen LogP contribution in [0.2, 0.25) is 0 Å². The summed E-state index contributed by atoms with van der Waals surface area (Å²) >= 11 is 0. The van der Waals surface area contributed by atoms with Crippen molar-refractivity contribution in [1.82, 2.24) is 5.32 Å². The fourth-order valence-electron chi connectivity index (χ4n) is 4.32. The monoisotopic (exact) mass is 569 g/mol. The molecule has 2 aromatic carbocycles. The number of rotatable bonds is 8. The standard InChI is InChI=1S/C27H32F5N5OS/c1-20-16-34-19-37(18-20)26-10-5-21(15-27(26)38-2)14-22-4-3-11-33-17-25(22)36-13-12-35-23-6-8-24(9-7-23)39(28,29,30,31)32/h5-10,14-15,18-19,33,35H,3-4,11-13,16-17H2,1-2H3/b22-14+,36-25?. The van der Waals surface area contributed by atoms with Gasteiger partial charge in [0.05, 0.1) is 37.9 Å². The Morgan fingerprint density at radius 1 is 1.13 bits per heavy atom. The molecule has 0 spiro atoms. The van der Waals surface area contributed by atoms with E-state index in [1.807, 2.05) is 36.2 Å². The van der Waals surface area contributed by atoms with Crippen molar-refractivity contribution in [1.29, 1.82) is 0 Å². The first-order chi connectivity index (χ1) is 18.3. The molecule has 0 atom stereocenters. The normalized spacial score (nSPS) is 20.3. The SMILES string of the molecule is COc1cc(/C=C2\CCCNCC2=NCCNc2ccc(S(F)(F)(F)(F)F)cc2)ccc1N1C=NCC(C)=C1. The molecule has 1 fully saturated rings. The Labute approximate surface area is 225 Å². The minimum atomic E-state index is -9.67. The highest BCUT2D eigenvalue weighted by molar-refractivity contribution is 8.45. The molecule has 0 bridgehead atoms. The summed E-state index contributed by atoms with van der Waals surface area (Å²) in [7, 11) is -8.04.